The predicted octanol–water partition coefficient (Wildman–Crippen LogP) is 3.37. The molecule has 2 aromatic heterocycles. The topological polar surface area (TPSA) is 116 Å². The Morgan fingerprint density at radius 3 is 2.68 bits per heavy atom. The molecule has 2 aromatic rings. The molecule has 1 aliphatic heterocycles. The standard InChI is InChI=1S/C25H35F2N7O4/c1-5-18-23(34-9-7-8-16(14-34)10-21(35)37-6-2)28-13-19(29-18)22-20(33(4)31-30-22)15-38-24(36)32(3)17-11-25(26,27)12-17/h13,16-17H,5-12,14-15H2,1-4H3/t16-/m1/s1. The highest BCUT2D eigenvalue weighted by Crippen LogP contribution is 2.40. The number of carbonyl (C=O) groups excluding carboxylic acids is 2. The van der Waals surface area contributed by atoms with E-state index in [9.17, 15) is 18.4 Å². The van der Waals surface area contributed by atoms with Crippen molar-refractivity contribution in [3.63, 3.8) is 0 Å². The molecule has 0 unspecified atom stereocenters. The number of anilines is 1. The third-order valence-corrected chi connectivity index (χ3v) is 7.16. The molecule has 208 valence electrons. The van der Waals surface area contributed by atoms with Crippen LogP contribution >= 0.6 is 0 Å². The number of carbonyl (C=O) groups is 2. The Morgan fingerprint density at radius 2 is 2.00 bits per heavy atom. The van der Waals surface area contributed by atoms with E-state index in [0.717, 1.165) is 30.9 Å². The number of ether oxygens (including phenoxy) is 2. The summed E-state index contributed by atoms with van der Waals surface area (Å²) in [4.78, 5) is 37.3. The number of rotatable bonds is 9. The normalized spacial score (nSPS) is 19.1. The van der Waals surface area contributed by atoms with Crippen LogP contribution in [0.15, 0.2) is 6.20 Å². The average molecular weight is 536 g/mol. The summed E-state index contributed by atoms with van der Waals surface area (Å²) in [5.74, 6) is -1.93. The summed E-state index contributed by atoms with van der Waals surface area (Å²) in [5.41, 5.74) is 2.24. The van der Waals surface area contributed by atoms with Gasteiger partial charge in [0.05, 0.1) is 24.9 Å². The Kier molecular flexibility index (Phi) is 8.41. The zero-order chi connectivity index (χ0) is 27.4. The maximum absolute atomic E-state index is 13.2. The van der Waals surface area contributed by atoms with Crippen molar-refractivity contribution in [1.82, 2.24) is 29.9 Å². The molecule has 1 aliphatic carbocycles. The van der Waals surface area contributed by atoms with Gasteiger partial charge in [0.2, 0.25) is 0 Å². The zero-order valence-corrected chi connectivity index (χ0v) is 22.3. The van der Waals surface area contributed by atoms with Crippen LogP contribution in [0.3, 0.4) is 0 Å². The fourth-order valence-corrected chi connectivity index (χ4v) is 4.94. The molecule has 13 heteroatoms. The molecule has 2 aliphatic rings. The second-order valence-corrected chi connectivity index (χ2v) is 9.93. The second kappa shape index (κ2) is 11.6. The lowest BCUT2D eigenvalue weighted by molar-refractivity contribution is -0.144. The summed E-state index contributed by atoms with van der Waals surface area (Å²) in [6, 6.07) is -0.543. The van der Waals surface area contributed by atoms with Crippen LogP contribution in [0.5, 0.6) is 0 Å². The van der Waals surface area contributed by atoms with Crippen molar-refractivity contribution in [2.75, 3.05) is 31.6 Å². The Labute approximate surface area is 220 Å². The molecule has 0 radical (unpaired) electrons. The van der Waals surface area contributed by atoms with Crippen LogP contribution in [-0.2, 0) is 34.3 Å². The highest BCUT2D eigenvalue weighted by Gasteiger charge is 2.48. The first kappa shape index (κ1) is 27.6. The van der Waals surface area contributed by atoms with Crippen molar-refractivity contribution in [3.8, 4) is 11.4 Å². The molecular formula is C25H35F2N7O4. The van der Waals surface area contributed by atoms with Crippen LogP contribution in [0.25, 0.3) is 11.4 Å². The molecule has 1 atom stereocenters. The number of esters is 1. The summed E-state index contributed by atoms with van der Waals surface area (Å²) < 4.78 is 38.4. The van der Waals surface area contributed by atoms with Crippen LogP contribution in [0.2, 0.25) is 0 Å². The van der Waals surface area contributed by atoms with E-state index in [2.05, 4.69) is 15.2 Å². The molecule has 1 saturated heterocycles. The predicted molar refractivity (Wildman–Crippen MR) is 134 cm³/mol. The maximum atomic E-state index is 13.2. The van der Waals surface area contributed by atoms with Crippen molar-refractivity contribution in [2.45, 2.75) is 70.9 Å². The van der Waals surface area contributed by atoms with E-state index in [1.807, 2.05) is 6.92 Å². The minimum atomic E-state index is -2.73. The van der Waals surface area contributed by atoms with E-state index in [-0.39, 0.29) is 31.3 Å². The average Bonchev–Trinajstić information content (AvgIpc) is 3.25. The van der Waals surface area contributed by atoms with E-state index in [1.165, 1.54) is 16.6 Å². The maximum Gasteiger partial charge on any atom is 0.410 e. The summed E-state index contributed by atoms with van der Waals surface area (Å²) in [5, 5.41) is 8.27. The van der Waals surface area contributed by atoms with Gasteiger partial charge in [-0.15, -0.1) is 5.10 Å². The monoisotopic (exact) mass is 535 g/mol. The number of amides is 1. The van der Waals surface area contributed by atoms with E-state index >= 15 is 0 Å². The first-order valence-corrected chi connectivity index (χ1v) is 13.0. The van der Waals surface area contributed by atoms with Crippen molar-refractivity contribution in [3.05, 3.63) is 17.6 Å². The minimum Gasteiger partial charge on any atom is -0.466 e. The van der Waals surface area contributed by atoms with Crippen LogP contribution < -0.4 is 4.90 Å². The van der Waals surface area contributed by atoms with Crippen LogP contribution in [0.1, 0.15) is 57.3 Å². The molecule has 11 nitrogen and oxygen atoms in total. The molecule has 3 heterocycles. The molecular weight excluding hydrogens is 500 g/mol. The SMILES string of the molecule is CCOC(=O)C[C@H]1CCCN(c2ncc(-c3nnn(C)c3COC(=O)N(C)C3CC(F)(F)C3)nc2CC)C1. The molecule has 2 fully saturated rings. The molecule has 0 spiro atoms. The Balaban J connectivity index is 1.45. The number of piperidine rings is 1. The molecule has 38 heavy (non-hydrogen) atoms. The van der Waals surface area contributed by atoms with Crippen molar-refractivity contribution >= 4 is 17.9 Å². The van der Waals surface area contributed by atoms with Crippen LogP contribution in [0, 0.1) is 5.92 Å². The summed E-state index contributed by atoms with van der Waals surface area (Å²) >= 11 is 0. The van der Waals surface area contributed by atoms with E-state index in [1.54, 1.807) is 20.2 Å². The third kappa shape index (κ3) is 6.18. The number of aromatic nitrogens is 5. The van der Waals surface area contributed by atoms with Gasteiger partial charge in [-0.2, -0.15) is 0 Å². The van der Waals surface area contributed by atoms with E-state index in [0.29, 0.717) is 43.1 Å². The molecule has 0 N–H and O–H groups in total. The van der Waals surface area contributed by atoms with Gasteiger partial charge in [-0.3, -0.25) is 4.79 Å². The number of hydrogen-bond donors (Lipinski definition) is 0. The van der Waals surface area contributed by atoms with Gasteiger partial charge in [-0.25, -0.2) is 28.2 Å². The number of aryl methyl sites for hydroxylation is 2. The number of nitrogens with zero attached hydrogens (tertiary/aromatic N) is 7. The van der Waals surface area contributed by atoms with Gasteiger partial charge in [-0.05, 0) is 32.1 Å². The van der Waals surface area contributed by atoms with Crippen LogP contribution in [-0.4, -0.2) is 80.6 Å². The Hall–Kier alpha value is -3.38. The Bertz CT molecular complexity index is 1150. The fourth-order valence-electron chi connectivity index (χ4n) is 4.94. The molecule has 1 saturated carbocycles. The quantitative estimate of drug-likeness (QED) is 0.446. The van der Waals surface area contributed by atoms with Gasteiger partial charge in [0.1, 0.15) is 29.5 Å². The van der Waals surface area contributed by atoms with Crippen molar-refractivity contribution in [1.29, 1.82) is 0 Å². The summed E-state index contributed by atoms with van der Waals surface area (Å²) in [6.07, 6.45) is 3.15. The van der Waals surface area contributed by atoms with Gasteiger partial charge in [0.25, 0.3) is 5.92 Å². The third-order valence-electron chi connectivity index (χ3n) is 7.16. The molecule has 1 amide bonds. The molecule has 4 rings (SSSR count). The molecule has 0 aromatic carbocycles. The van der Waals surface area contributed by atoms with Crippen molar-refractivity contribution in [2.24, 2.45) is 13.0 Å². The molecule has 0 bridgehead atoms. The minimum absolute atomic E-state index is 0.141. The largest absolute Gasteiger partial charge is 0.466 e. The van der Waals surface area contributed by atoms with Gasteiger partial charge in [0, 0.05) is 46.1 Å². The second-order valence-electron chi connectivity index (χ2n) is 9.93. The highest BCUT2D eigenvalue weighted by atomic mass is 19.3. The van der Waals surface area contributed by atoms with E-state index in [4.69, 9.17) is 19.4 Å². The van der Waals surface area contributed by atoms with Crippen molar-refractivity contribution < 1.29 is 27.8 Å². The Morgan fingerprint density at radius 1 is 1.24 bits per heavy atom. The first-order chi connectivity index (χ1) is 18.1. The lowest BCUT2D eigenvalue weighted by atomic mass is 9.87. The smallest absolute Gasteiger partial charge is 0.410 e. The lowest BCUT2D eigenvalue weighted by Gasteiger charge is -2.40. The highest BCUT2D eigenvalue weighted by molar-refractivity contribution is 5.70. The van der Waals surface area contributed by atoms with Crippen LogP contribution in [0.4, 0.5) is 19.4 Å². The fraction of sp³-hybridized carbons (Fsp3) is 0.680. The number of hydrogen-bond acceptors (Lipinski definition) is 9. The summed E-state index contributed by atoms with van der Waals surface area (Å²) in [6.45, 7) is 5.56. The van der Waals surface area contributed by atoms with Gasteiger partial charge in [0.15, 0.2) is 0 Å². The zero-order valence-electron chi connectivity index (χ0n) is 22.3. The summed E-state index contributed by atoms with van der Waals surface area (Å²) in [7, 11) is 3.13. The van der Waals surface area contributed by atoms with E-state index < -0.39 is 18.1 Å². The first-order valence-electron chi connectivity index (χ1n) is 13.0. The van der Waals surface area contributed by atoms with Gasteiger partial charge in [-0.1, -0.05) is 12.1 Å². The number of halogens is 2. The number of alkyl halides is 2. The van der Waals surface area contributed by atoms with Gasteiger partial charge < -0.3 is 19.3 Å². The lowest BCUT2D eigenvalue weighted by Crippen LogP contribution is -2.51. The van der Waals surface area contributed by atoms with Gasteiger partial charge >= 0.3 is 12.1 Å².